The molecule has 12 N–H and O–H groups in total. The molecule has 0 spiro atoms. The summed E-state index contributed by atoms with van der Waals surface area (Å²) in [5.74, 6) is -0.274. The van der Waals surface area contributed by atoms with Gasteiger partial charge in [0.2, 0.25) is 5.91 Å². The van der Waals surface area contributed by atoms with E-state index in [0.29, 0.717) is 6.42 Å². The smallest absolute Gasteiger partial charge is 0.220 e. The molecule has 0 aliphatic carbocycles. The molecule has 1 amide bonds. The summed E-state index contributed by atoms with van der Waals surface area (Å²) in [6.45, 7) is 1.73. The molecular weight excluding hydrogens is 1010 g/mol. The van der Waals surface area contributed by atoms with Crippen molar-refractivity contribution in [1.82, 2.24) is 5.32 Å². The fraction of sp³-hybridized carbons (Fsp3) is 0.949. The van der Waals surface area contributed by atoms with E-state index in [1.54, 1.807) is 6.08 Å². The maximum absolute atomic E-state index is 13.3. The van der Waals surface area contributed by atoms with Crippen molar-refractivity contribution in [3.8, 4) is 0 Å². The van der Waals surface area contributed by atoms with Gasteiger partial charge in [0, 0.05) is 6.42 Å². The van der Waals surface area contributed by atoms with E-state index in [4.69, 9.17) is 28.4 Å². The van der Waals surface area contributed by atoms with Crippen LogP contribution in [0.2, 0.25) is 0 Å². The molecule has 3 rings (SSSR count). The number of amides is 1. The third-order valence-electron chi connectivity index (χ3n) is 15.8. The lowest BCUT2D eigenvalue weighted by Gasteiger charge is -2.48. The summed E-state index contributed by atoms with van der Waals surface area (Å²) in [6, 6.07) is -0.966. The Morgan fingerprint density at radius 3 is 1.21 bits per heavy atom. The lowest BCUT2D eigenvalue weighted by molar-refractivity contribution is -0.379. The van der Waals surface area contributed by atoms with Crippen LogP contribution in [0.5, 0.6) is 0 Å². The maximum Gasteiger partial charge on any atom is 0.220 e. The van der Waals surface area contributed by atoms with Crippen LogP contribution in [0, 0.1) is 0 Å². The predicted octanol–water partition coefficient (Wildman–Crippen LogP) is 5.77. The first-order valence-electron chi connectivity index (χ1n) is 30.9. The summed E-state index contributed by atoms with van der Waals surface area (Å²) in [5.41, 5.74) is 0. The standard InChI is InChI=1S/C59H111NO18/c1-3-5-7-9-11-13-15-17-18-19-20-21-22-23-24-25-26-28-30-32-34-36-43(64)42(60-47(65)37-35-33-31-29-27-16-14-12-10-8-6-4-2)41-73-57-53(71)50(68)55(45(39-62)75-57)78-59-54(72)51(69)56(46(40-63)76-59)77-58-52(70)49(67)48(66)44(38-61)74-58/h34,36,42-46,48-59,61-64,66-72H,3-33,35,37-41H2,1-2H3,(H,60,65)/b36-34+. The average molecular weight is 1120 g/mol. The van der Waals surface area contributed by atoms with Crippen LogP contribution >= 0.6 is 0 Å². The molecule has 17 unspecified atom stereocenters. The van der Waals surface area contributed by atoms with Crippen molar-refractivity contribution in [1.29, 1.82) is 0 Å². The van der Waals surface area contributed by atoms with Crippen LogP contribution < -0.4 is 5.32 Å². The van der Waals surface area contributed by atoms with Crippen molar-refractivity contribution in [3.05, 3.63) is 12.2 Å². The van der Waals surface area contributed by atoms with E-state index in [1.807, 2.05) is 6.08 Å². The Morgan fingerprint density at radius 2 is 0.795 bits per heavy atom. The fourth-order valence-corrected chi connectivity index (χ4v) is 10.7. The number of allylic oxidation sites excluding steroid dienone is 1. The van der Waals surface area contributed by atoms with Crippen LogP contribution in [-0.4, -0.2) is 193 Å². The zero-order valence-electron chi connectivity index (χ0n) is 47.9. The summed E-state index contributed by atoms with van der Waals surface area (Å²) >= 11 is 0. The van der Waals surface area contributed by atoms with Gasteiger partial charge in [-0.15, -0.1) is 0 Å². The second kappa shape index (κ2) is 43.2. The molecular formula is C59H111NO18. The minimum Gasteiger partial charge on any atom is -0.394 e. The zero-order chi connectivity index (χ0) is 56.9. The Labute approximate surface area is 467 Å². The van der Waals surface area contributed by atoms with Gasteiger partial charge in [0.1, 0.15) is 73.2 Å². The molecule has 460 valence electrons. The molecule has 3 aliphatic rings. The number of rotatable bonds is 46. The SMILES string of the molecule is CCCCCCCCCCCCCCCCCCCCC/C=C/C(O)C(COC1OC(CO)C(OC2OC(CO)C(OC3OC(CO)C(O)C(O)C3O)C(O)C2O)C(O)C1O)NC(=O)CCCCCCCCCCCCCC. The van der Waals surface area contributed by atoms with Gasteiger partial charge in [0.25, 0.3) is 0 Å². The van der Waals surface area contributed by atoms with Crippen molar-refractivity contribution in [2.75, 3.05) is 26.4 Å². The monoisotopic (exact) mass is 1120 g/mol. The lowest BCUT2D eigenvalue weighted by atomic mass is 9.96. The second-order valence-corrected chi connectivity index (χ2v) is 22.5. The largest absolute Gasteiger partial charge is 0.394 e. The Balaban J connectivity index is 1.48. The van der Waals surface area contributed by atoms with Gasteiger partial charge in [-0.3, -0.25) is 4.79 Å². The minimum atomic E-state index is -1.97. The number of hydrogen-bond donors (Lipinski definition) is 12. The molecule has 3 heterocycles. The second-order valence-electron chi connectivity index (χ2n) is 22.5. The molecule has 17 atom stereocenters. The first kappa shape index (κ1) is 70.8. The topological polar surface area (TPSA) is 307 Å². The molecule has 0 radical (unpaired) electrons. The van der Waals surface area contributed by atoms with E-state index >= 15 is 0 Å². The molecule has 3 saturated heterocycles. The van der Waals surface area contributed by atoms with Crippen LogP contribution in [0.1, 0.15) is 226 Å². The van der Waals surface area contributed by atoms with Crippen molar-refractivity contribution in [3.63, 3.8) is 0 Å². The number of ether oxygens (including phenoxy) is 6. The van der Waals surface area contributed by atoms with Crippen molar-refractivity contribution in [2.24, 2.45) is 0 Å². The summed E-state index contributed by atoms with van der Waals surface area (Å²) in [4.78, 5) is 13.3. The Hall–Kier alpha value is -1.47. The van der Waals surface area contributed by atoms with E-state index in [2.05, 4.69) is 19.2 Å². The zero-order valence-corrected chi connectivity index (χ0v) is 47.9. The number of aliphatic hydroxyl groups is 11. The normalized spacial score (nSPS) is 30.5. The highest BCUT2D eigenvalue weighted by molar-refractivity contribution is 5.76. The van der Waals surface area contributed by atoms with E-state index in [9.17, 15) is 61.0 Å². The number of unbranched alkanes of at least 4 members (excludes halogenated alkanes) is 30. The molecule has 0 saturated carbocycles. The van der Waals surface area contributed by atoms with Gasteiger partial charge in [-0.2, -0.15) is 0 Å². The van der Waals surface area contributed by atoms with Crippen LogP contribution in [0.3, 0.4) is 0 Å². The van der Waals surface area contributed by atoms with Crippen LogP contribution in [0.25, 0.3) is 0 Å². The van der Waals surface area contributed by atoms with Crippen LogP contribution in [-0.2, 0) is 33.2 Å². The van der Waals surface area contributed by atoms with Crippen molar-refractivity contribution in [2.45, 2.75) is 330 Å². The van der Waals surface area contributed by atoms with Gasteiger partial charge in [-0.25, -0.2) is 0 Å². The first-order valence-corrected chi connectivity index (χ1v) is 30.9. The first-order chi connectivity index (χ1) is 37.8. The van der Waals surface area contributed by atoms with Crippen LogP contribution in [0.4, 0.5) is 0 Å². The molecule has 3 fully saturated rings. The van der Waals surface area contributed by atoms with Gasteiger partial charge < -0.3 is 89.9 Å². The van der Waals surface area contributed by atoms with E-state index < -0.39 is 124 Å². The third-order valence-corrected chi connectivity index (χ3v) is 15.8. The average Bonchev–Trinajstić information content (AvgIpc) is 3.43. The molecule has 0 aromatic heterocycles. The molecule has 0 aromatic carbocycles. The highest BCUT2D eigenvalue weighted by atomic mass is 16.8. The molecule has 3 aliphatic heterocycles. The summed E-state index contributed by atoms with van der Waals surface area (Å²) in [7, 11) is 0. The number of hydrogen-bond acceptors (Lipinski definition) is 18. The Kier molecular flexibility index (Phi) is 39.2. The predicted molar refractivity (Wildman–Crippen MR) is 296 cm³/mol. The summed E-state index contributed by atoms with van der Waals surface area (Å²) in [5, 5.41) is 120. The molecule has 78 heavy (non-hydrogen) atoms. The highest BCUT2D eigenvalue weighted by Crippen LogP contribution is 2.33. The summed E-state index contributed by atoms with van der Waals surface area (Å²) < 4.78 is 34.2. The van der Waals surface area contributed by atoms with Gasteiger partial charge in [-0.1, -0.05) is 212 Å². The number of carbonyl (C=O) groups is 1. The van der Waals surface area contributed by atoms with Crippen LogP contribution in [0.15, 0.2) is 12.2 Å². The van der Waals surface area contributed by atoms with E-state index in [-0.39, 0.29) is 18.9 Å². The van der Waals surface area contributed by atoms with Crippen molar-refractivity contribution >= 4 is 5.91 Å². The molecule has 0 aromatic rings. The Bertz CT molecular complexity index is 1480. The molecule has 0 bridgehead atoms. The van der Waals surface area contributed by atoms with Gasteiger partial charge in [-0.05, 0) is 19.3 Å². The molecule has 19 heteroatoms. The number of nitrogens with one attached hydrogen (secondary N) is 1. The van der Waals surface area contributed by atoms with Gasteiger partial charge in [0.05, 0.1) is 38.6 Å². The van der Waals surface area contributed by atoms with Gasteiger partial charge in [0.15, 0.2) is 18.9 Å². The van der Waals surface area contributed by atoms with E-state index in [0.717, 1.165) is 44.9 Å². The highest BCUT2D eigenvalue weighted by Gasteiger charge is 2.53. The minimum absolute atomic E-state index is 0.248. The Morgan fingerprint density at radius 1 is 0.449 bits per heavy atom. The van der Waals surface area contributed by atoms with Crippen molar-refractivity contribution < 1.29 is 89.4 Å². The summed E-state index contributed by atoms with van der Waals surface area (Å²) in [6.07, 6.45) is 16.2. The number of aliphatic hydroxyl groups excluding tert-OH is 11. The molecule has 19 nitrogen and oxygen atoms in total. The quantitative estimate of drug-likeness (QED) is 0.0254. The lowest BCUT2D eigenvalue weighted by Crippen LogP contribution is -2.66. The van der Waals surface area contributed by atoms with Gasteiger partial charge >= 0.3 is 0 Å². The van der Waals surface area contributed by atoms with E-state index in [1.165, 1.54) is 154 Å². The number of carbonyl (C=O) groups excluding carboxylic acids is 1. The fourth-order valence-electron chi connectivity index (χ4n) is 10.7. The third kappa shape index (κ3) is 26.8. The maximum atomic E-state index is 13.3.